The molecule has 1 saturated carbocycles. The van der Waals surface area contributed by atoms with Crippen molar-refractivity contribution in [2.45, 2.75) is 31.4 Å². The molecule has 0 spiro atoms. The highest BCUT2D eigenvalue weighted by Crippen LogP contribution is 2.29. The molecule has 3 rings (SSSR count). The van der Waals surface area contributed by atoms with E-state index in [0.29, 0.717) is 5.15 Å². The fourth-order valence-corrected chi connectivity index (χ4v) is 3.92. The Morgan fingerprint density at radius 1 is 1.37 bits per heavy atom. The Morgan fingerprint density at radius 3 is 2.95 bits per heavy atom. The quantitative estimate of drug-likeness (QED) is 0.811. The molecule has 102 valence electrons. The van der Waals surface area contributed by atoms with Crippen molar-refractivity contribution in [3.63, 3.8) is 0 Å². The highest BCUT2D eigenvalue weighted by atomic mass is 35.5. The predicted octanol–water partition coefficient (Wildman–Crippen LogP) is 3.44. The Labute approximate surface area is 121 Å². The monoisotopic (exact) mass is 296 g/mol. The molecule has 0 atom stereocenters. The van der Waals surface area contributed by atoms with E-state index in [0.717, 1.165) is 28.5 Å². The molecule has 0 bridgehead atoms. The molecule has 19 heavy (non-hydrogen) atoms. The van der Waals surface area contributed by atoms with Gasteiger partial charge in [-0.2, -0.15) is 16.9 Å². The Kier molecular flexibility index (Phi) is 3.93. The minimum Gasteiger partial charge on any atom is -0.250 e. The van der Waals surface area contributed by atoms with Crippen LogP contribution in [0.1, 0.15) is 31.5 Å². The molecule has 2 aromatic heterocycles. The van der Waals surface area contributed by atoms with Crippen LogP contribution in [0.25, 0.3) is 11.0 Å². The van der Waals surface area contributed by atoms with E-state index in [2.05, 4.69) is 15.1 Å². The largest absolute Gasteiger partial charge is 0.250 e. The summed E-state index contributed by atoms with van der Waals surface area (Å²) in [6.07, 6.45) is 7.28. The first-order chi connectivity index (χ1) is 9.24. The summed E-state index contributed by atoms with van der Waals surface area (Å²) in [6, 6.07) is 0. The number of hydrogen-bond acceptors (Lipinski definition) is 4. The number of halogens is 1. The Morgan fingerprint density at radius 2 is 2.16 bits per heavy atom. The van der Waals surface area contributed by atoms with Crippen molar-refractivity contribution in [2.75, 3.05) is 5.75 Å². The van der Waals surface area contributed by atoms with Crippen LogP contribution < -0.4 is 0 Å². The van der Waals surface area contributed by atoms with Crippen molar-refractivity contribution < 1.29 is 0 Å². The number of aromatic nitrogens is 4. The van der Waals surface area contributed by atoms with Crippen molar-refractivity contribution in [1.82, 2.24) is 19.7 Å². The van der Waals surface area contributed by atoms with Gasteiger partial charge in [-0.25, -0.2) is 9.97 Å². The third-order valence-electron chi connectivity index (χ3n) is 3.65. The van der Waals surface area contributed by atoms with Crippen LogP contribution in [-0.4, -0.2) is 25.5 Å². The van der Waals surface area contributed by atoms with E-state index in [4.69, 9.17) is 11.6 Å². The molecular formula is C13H17ClN4S. The van der Waals surface area contributed by atoms with Crippen molar-refractivity contribution in [2.24, 2.45) is 13.0 Å². The normalized spacial score (nSPS) is 16.5. The van der Waals surface area contributed by atoms with Crippen LogP contribution in [0.5, 0.6) is 0 Å². The predicted molar refractivity (Wildman–Crippen MR) is 79.4 cm³/mol. The van der Waals surface area contributed by atoms with Gasteiger partial charge in [0.25, 0.3) is 0 Å². The SMILES string of the molecule is Cn1ncc2c(Cl)nc(CSCC3CCCC3)nc21. The average Bonchev–Trinajstić information content (AvgIpc) is 3.01. The summed E-state index contributed by atoms with van der Waals surface area (Å²) in [4.78, 5) is 8.90. The van der Waals surface area contributed by atoms with Gasteiger partial charge in [-0.15, -0.1) is 0 Å². The summed E-state index contributed by atoms with van der Waals surface area (Å²) in [5.41, 5.74) is 0.816. The van der Waals surface area contributed by atoms with E-state index in [9.17, 15) is 0 Å². The smallest absolute Gasteiger partial charge is 0.162 e. The lowest BCUT2D eigenvalue weighted by molar-refractivity contribution is 0.623. The second kappa shape index (κ2) is 5.67. The number of aryl methyl sites for hydroxylation is 1. The van der Waals surface area contributed by atoms with Gasteiger partial charge >= 0.3 is 0 Å². The second-order valence-corrected chi connectivity index (χ2v) is 6.49. The van der Waals surface area contributed by atoms with Crippen LogP contribution in [0.4, 0.5) is 0 Å². The summed E-state index contributed by atoms with van der Waals surface area (Å²) in [5.74, 6) is 3.74. The van der Waals surface area contributed by atoms with Gasteiger partial charge in [-0.05, 0) is 24.5 Å². The first-order valence-electron chi connectivity index (χ1n) is 6.66. The van der Waals surface area contributed by atoms with Gasteiger partial charge in [0.05, 0.1) is 17.3 Å². The zero-order valence-corrected chi connectivity index (χ0v) is 12.5. The molecular weight excluding hydrogens is 280 g/mol. The van der Waals surface area contributed by atoms with Crippen molar-refractivity contribution >= 4 is 34.4 Å². The molecule has 0 unspecified atom stereocenters. The van der Waals surface area contributed by atoms with Crippen LogP contribution in [0.15, 0.2) is 6.20 Å². The van der Waals surface area contributed by atoms with Gasteiger partial charge in [0.1, 0.15) is 11.0 Å². The van der Waals surface area contributed by atoms with Crippen LogP contribution in [0.3, 0.4) is 0 Å². The second-order valence-electron chi connectivity index (χ2n) is 5.10. The van der Waals surface area contributed by atoms with E-state index in [1.807, 2.05) is 18.8 Å². The molecule has 0 radical (unpaired) electrons. The molecule has 0 saturated heterocycles. The molecule has 0 aromatic carbocycles. The Balaban J connectivity index is 1.68. The Hall–Kier alpha value is -0.810. The number of thioether (sulfide) groups is 1. The van der Waals surface area contributed by atoms with E-state index < -0.39 is 0 Å². The molecule has 1 fully saturated rings. The number of hydrogen-bond donors (Lipinski definition) is 0. The lowest BCUT2D eigenvalue weighted by atomic mass is 10.1. The van der Waals surface area contributed by atoms with Gasteiger partial charge in [0.2, 0.25) is 0 Å². The van der Waals surface area contributed by atoms with E-state index in [-0.39, 0.29) is 0 Å². The molecule has 6 heteroatoms. The third kappa shape index (κ3) is 2.87. The number of nitrogens with zero attached hydrogens (tertiary/aromatic N) is 4. The van der Waals surface area contributed by atoms with Crippen molar-refractivity contribution in [3.05, 3.63) is 17.2 Å². The minimum absolute atomic E-state index is 0.509. The molecule has 1 aliphatic rings. The average molecular weight is 297 g/mol. The highest BCUT2D eigenvalue weighted by molar-refractivity contribution is 7.98. The first-order valence-corrected chi connectivity index (χ1v) is 8.19. The van der Waals surface area contributed by atoms with Crippen LogP contribution in [0.2, 0.25) is 5.15 Å². The first kappa shape index (κ1) is 13.2. The summed E-state index contributed by atoms with van der Waals surface area (Å²) in [5, 5.41) is 5.50. The molecule has 0 amide bonds. The summed E-state index contributed by atoms with van der Waals surface area (Å²) < 4.78 is 1.74. The maximum absolute atomic E-state index is 6.17. The topological polar surface area (TPSA) is 43.6 Å². The standard InChI is InChI=1S/C13H17ClN4S/c1-18-13-10(6-15-18)12(14)16-11(17-13)8-19-7-9-4-2-3-5-9/h6,9H,2-5,7-8H2,1H3. The fraction of sp³-hybridized carbons (Fsp3) is 0.615. The van der Waals surface area contributed by atoms with E-state index >= 15 is 0 Å². The van der Waals surface area contributed by atoms with Crippen LogP contribution >= 0.6 is 23.4 Å². The molecule has 0 N–H and O–H groups in total. The summed E-state index contributed by atoms with van der Waals surface area (Å²) in [6.45, 7) is 0. The highest BCUT2D eigenvalue weighted by Gasteiger charge is 2.15. The lowest BCUT2D eigenvalue weighted by Crippen LogP contribution is -2.01. The zero-order valence-electron chi connectivity index (χ0n) is 11.0. The number of rotatable bonds is 4. The Bertz CT molecular complexity index is 577. The van der Waals surface area contributed by atoms with Crippen molar-refractivity contribution in [1.29, 1.82) is 0 Å². The molecule has 0 aliphatic heterocycles. The third-order valence-corrected chi connectivity index (χ3v) is 5.11. The maximum atomic E-state index is 6.17. The van der Waals surface area contributed by atoms with Crippen LogP contribution in [-0.2, 0) is 12.8 Å². The van der Waals surface area contributed by atoms with E-state index in [1.165, 1.54) is 31.4 Å². The van der Waals surface area contributed by atoms with Gasteiger partial charge in [-0.1, -0.05) is 24.4 Å². The molecule has 2 heterocycles. The van der Waals surface area contributed by atoms with Gasteiger partial charge in [-0.3, -0.25) is 4.68 Å². The molecule has 1 aliphatic carbocycles. The molecule has 2 aromatic rings. The summed E-state index contributed by atoms with van der Waals surface area (Å²) in [7, 11) is 1.88. The van der Waals surface area contributed by atoms with Crippen LogP contribution in [0, 0.1) is 5.92 Å². The fourth-order valence-electron chi connectivity index (χ4n) is 2.59. The maximum Gasteiger partial charge on any atom is 0.162 e. The van der Waals surface area contributed by atoms with Gasteiger partial charge in [0, 0.05) is 7.05 Å². The zero-order chi connectivity index (χ0) is 13.2. The van der Waals surface area contributed by atoms with Gasteiger partial charge < -0.3 is 0 Å². The lowest BCUT2D eigenvalue weighted by Gasteiger charge is -2.07. The summed E-state index contributed by atoms with van der Waals surface area (Å²) >= 11 is 8.08. The van der Waals surface area contributed by atoms with Gasteiger partial charge in [0.15, 0.2) is 5.65 Å². The van der Waals surface area contributed by atoms with E-state index in [1.54, 1.807) is 10.9 Å². The minimum atomic E-state index is 0.509. The van der Waals surface area contributed by atoms with Crippen molar-refractivity contribution in [3.8, 4) is 0 Å². The number of fused-ring (bicyclic) bond motifs is 1. The molecule has 4 nitrogen and oxygen atoms in total.